The van der Waals surface area contributed by atoms with Crippen LogP contribution in [0.4, 0.5) is 5.95 Å². The quantitative estimate of drug-likeness (QED) is 0.726. The average Bonchev–Trinajstić information content (AvgIpc) is 2.82. The molecule has 1 aromatic carbocycles. The van der Waals surface area contributed by atoms with Crippen molar-refractivity contribution in [2.45, 2.75) is 0 Å². The summed E-state index contributed by atoms with van der Waals surface area (Å²) in [7, 11) is 0. The molecule has 0 saturated carbocycles. The van der Waals surface area contributed by atoms with E-state index in [1.807, 2.05) is 41.0 Å². The summed E-state index contributed by atoms with van der Waals surface area (Å²) < 4.78 is 1.84. The summed E-state index contributed by atoms with van der Waals surface area (Å²) in [6.07, 6.45) is 1.73. The summed E-state index contributed by atoms with van der Waals surface area (Å²) in [6, 6.07) is 11.7. The van der Waals surface area contributed by atoms with Gasteiger partial charge in [0.15, 0.2) is 5.65 Å². The van der Waals surface area contributed by atoms with Gasteiger partial charge in [0.1, 0.15) is 5.52 Å². The molecule has 3 rings (SSSR count). The highest BCUT2D eigenvalue weighted by molar-refractivity contribution is 7.80. The number of nitrogen functional groups attached to an aromatic ring is 1. The Kier molecular flexibility index (Phi) is 3.20. The van der Waals surface area contributed by atoms with Crippen LogP contribution in [0.15, 0.2) is 49.2 Å². The molecule has 3 aromatic rings. The van der Waals surface area contributed by atoms with Gasteiger partial charge in [0.2, 0.25) is 5.95 Å². The fourth-order valence-electron chi connectivity index (χ4n) is 2.12. The number of pyridine rings is 1. The lowest BCUT2D eigenvalue weighted by molar-refractivity contribution is 1.08. The van der Waals surface area contributed by atoms with Crippen LogP contribution in [0, 0.1) is 0 Å². The molecule has 0 unspecified atom stereocenters. The first-order valence-electron chi connectivity index (χ1n) is 6.19. The molecular formula is C15H14N4S. The number of nitrogens with two attached hydrogens (primary N) is 1. The second kappa shape index (κ2) is 5.02. The number of anilines is 1. The van der Waals surface area contributed by atoms with Crippen LogP contribution in [0.25, 0.3) is 22.4 Å². The molecule has 4 nitrogen and oxygen atoms in total. The van der Waals surface area contributed by atoms with Crippen LogP contribution in [0.5, 0.6) is 0 Å². The topological polar surface area (TPSA) is 56.7 Å². The van der Waals surface area contributed by atoms with Crippen molar-refractivity contribution in [3.8, 4) is 5.69 Å². The number of benzene rings is 1. The van der Waals surface area contributed by atoms with Crippen LogP contribution >= 0.6 is 12.6 Å². The fourth-order valence-corrected chi connectivity index (χ4v) is 2.30. The number of hydrogen-bond acceptors (Lipinski definition) is 4. The molecule has 0 saturated heterocycles. The first-order valence-corrected chi connectivity index (χ1v) is 6.82. The van der Waals surface area contributed by atoms with E-state index in [0.29, 0.717) is 11.7 Å². The molecule has 0 fully saturated rings. The maximum atomic E-state index is 5.99. The first-order chi connectivity index (χ1) is 9.70. The van der Waals surface area contributed by atoms with Gasteiger partial charge in [0, 0.05) is 11.9 Å². The minimum Gasteiger partial charge on any atom is -0.369 e. The largest absolute Gasteiger partial charge is 0.369 e. The number of imidazole rings is 1. The van der Waals surface area contributed by atoms with Crippen molar-refractivity contribution < 1.29 is 0 Å². The molecule has 2 N–H and O–H groups in total. The molecule has 2 heterocycles. The number of nitrogens with zero attached hydrogens (tertiary/aromatic N) is 3. The van der Waals surface area contributed by atoms with Gasteiger partial charge in [0.25, 0.3) is 0 Å². The lowest BCUT2D eigenvalue weighted by Gasteiger charge is -2.08. The summed E-state index contributed by atoms with van der Waals surface area (Å²) in [5.41, 5.74) is 10.5. The minimum atomic E-state index is 0.430. The standard InChI is InChI=1S/C15H14N4S/c1-10(9-20)11-4-6-12(7-5-11)19-14-13(18-15(19)16)3-2-8-17-14/h2-8,20H,1,9H2,(H2,16,18). The third kappa shape index (κ3) is 2.06. The van der Waals surface area contributed by atoms with Crippen molar-refractivity contribution in [3.05, 3.63) is 54.7 Å². The summed E-state index contributed by atoms with van der Waals surface area (Å²) >= 11 is 4.23. The van der Waals surface area contributed by atoms with Crippen LogP contribution in [0.3, 0.4) is 0 Å². The van der Waals surface area contributed by atoms with E-state index >= 15 is 0 Å². The highest BCUT2D eigenvalue weighted by atomic mass is 32.1. The van der Waals surface area contributed by atoms with Gasteiger partial charge >= 0.3 is 0 Å². The van der Waals surface area contributed by atoms with Crippen molar-refractivity contribution in [1.29, 1.82) is 0 Å². The monoisotopic (exact) mass is 282 g/mol. The molecule has 20 heavy (non-hydrogen) atoms. The van der Waals surface area contributed by atoms with Gasteiger partial charge in [-0.25, -0.2) is 9.97 Å². The van der Waals surface area contributed by atoms with Gasteiger partial charge < -0.3 is 5.73 Å². The van der Waals surface area contributed by atoms with E-state index in [-0.39, 0.29) is 0 Å². The Bertz CT molecular complexity index is 774. The molecule has 0 aliphatic heterocycles. The zero-order valence-electron chi connectivity index (χ0n) is 10.8. The smallest absolute Gasteiger partial charge is 0.207 e. The molecule has 5 heteroatoms. The molecule has 100 valence electrons. The van der Waals surface area contributed by atoms with Crippen molar-refractivity contribution in [2.75, 3.05) is 11.5 Å². The maximum absolute atomic E-state index is 5.99. The van der Waals surface area contributed by atoms with Crippen molar-refractivity contribution in [2.24, 2.45) is 0 Å². The molecule has 2 aromatic heterocycles. The van der Waals surface area contributed by atoms with Gasteiger partial charge in [-0.2, -0.15) is 12.6 Å². The SMILES string of the molecule is C=C(CS)c1ccc(-n2c(N)nc3cccnc32)cc1. The number of thiol groups is 1. The zero-order chi connectivity index (χ0) is 14.1. The Morgan fingerprint density at radius 2 is 2.00 bits per heavy atom. The zero-order valence-corrected chi connectivity index (χ0v) is 11.7. The van der Waals surface area contributed by atoms with E-state index in [1.165, 1.54) is 0 Å². The second-order valence-electron chi connectivity index (χ2n) is 4.46. The summed E-state index contributed by atoms with van der Waals surface area (Å²) in [4.78, 5) is 8.65. The van der Waals surface area contributed by atoms with E-state index in [1.54, 1.807) is 6.20 Å². The third-order valence-electron chi connectivity index (χ3n) is 3.17. The summed E-state index contributed by atoms with van der Waals surface area (Å²) in [5.74, 6) is 1.07. The molecule has 0 spiro atoms. The van der Waals surface area contributed by atoms with Crippen LogP contribution in [0.1, 0.15) is 5.56 Å². The van der Waals surface area contributed by atoms with Crippen molar-refractivity contribution >= 4 is 35.3 Å². The van der Waals surface area contributed by atoms with Crippen molar-refractivity contribution in [3.63, 3.8) is 0 Å². The van der Waals surface area contributed by atoms with E-state index < -0.39 is 0 Å². The molecule has 0 atom stereocenters. The minimum absolute atomic E-state index is 0.430. The van der Waals surface area contributed by atoms with Gasteiger partial charge in [-0.3, -0.25) is 4.57 Å². The number of rotatable bonds is 3. The Labute approximate surface area is 122 Å². The Hall–Kier alpha value is -2.27. The fraction of sp³-hybridized carbons (Fsp3) is 0.0667. The van der Waals surface area contributed by atoms with E-state index in [0.717, 1.165) is 28.0 Å². The molecule has 0 bridgehead atoms. The summed E-state index contributed by atoms with van der Waals surface area (Å²) in [5, 5.41) is 0. The predicted octanol–water partition coefficient (Wildman–Crippen LogP) is 2.95. The highest BCUT2D eigenvalue weighted by Gasteiger charge is 2.10. The van der Waals surface area contributed by atoms with Crippen LogP contribution in [-0.2, 0) is 0 Å². The normalized spacial score (nSPS) is 10.8. The van der Waals surface area contributed by atoms with Gasteiger partial charge in [-0.05, 0) is 35.4 Å². The van der Waals surface area contributed by atoms with Gasteiger partial charge in [-0.15, -0.1) is 0 Å². The van der Waals surface area contributed by atoms with E-state index in [9.17, 15) is 0 Å². The first kappa shape index (κ1) is 12.7. The van der Waals surface area contributed by atoms with Gasteiger partial charge in [0.05, 0.1) is 5.69 Å². The number of aromatic nitrogens is 3. The third-order valence-corrected chi connectivity index (χ3v) is 3.55. The van der Waals surface area contributed by atoms with E-state index in [2.05, 4.69) is 29.2 Å². The predicted molar refractivity (Wildman–Crippen MR) is 86.2 cm³/mol. The Balaban J connectivity index is 2.11. The number of hydrogen-bond donors (Lipinski definition) is 2. The second-order valence-corrected chi connectivity index (χ2v) is 4.78. The van der Waals surface area contributed by atoms with Crippen LogP contribution in [-0.4, -0.2) is 20.3 Å². The lowest BCUT2D eigenvalue weighted by Crippen LogP contribution is -2.01. The summed E-state index contributed by atoms with van der Waals surface area (Å²) in [6.45, 7) is 3.97. The van der Waals surface area contributed by atoms with Gasteiger partial charge in [-0.1, -0.05) is 18.7 Å². The molecule has 0 radical (unpaired) electrons. The molecular weight excluding hydrogens is 268 g/mol. The van der Waals surface area contributed by atoms with E-state index in [4.69, 9.17) is 5.73 Å². The maximum Gasteiger partial charge on any atom is 0.207 e. The molecule has 0 aliphatic rings. The van der Waals surface area contributed by atoms with Crippen LogP contribution < -0.4 is 5.73 Å². The lowest BCUT2D eigenvalue weighted by atomic mass is 10.1. The average molecular weight is 282 g/mol. The highest BCUT2D eigenvalue weighted by Crippen LogP contribution is 2.23. The van der Waals surface area contributed by atoms with Crippen LogP contribution in [0.2, 0.25) is 0 Å². The molecule has 0 aliphatic carbocycles. The molecule has 0 amide bonds. The Morgan fingerprint density at radius 3 is 2.70 bits per heavy atom. The van der Waals surface area contributed by atoms with Crippen molar-refractivity contribution in [1.82, 2.24) is 14.5 Å². The Morgan fingerprint density at radius 1 is 1.25 bits per heavy atom. The number of fused-ring (bicyclic) bond motifs is 1.